The molecule has 2 rings (SSSR count). The van der Waals surface area contributed by atoms with Crippen LogP contribution in [0.1, 0.15) is 25.0 Å². The Morgan fingerprint density at radius 2 is 1.81 bits per heavy atom. The number of para-hydroxylation sites is 1. The lowest BCUT2D eigenvalue weighted by molar-refractivity contribution is -0.116. The highest BCUT2D eigenvalue weighted by molar-refractivity contribution is 7.89. The van der Waals surface area contributed by atoms with Crippen molar-refractivity contribution in [3.8, 4) is 11.5 Å². The molecule has 10 heteroatoms. The smallest absolute Gasteiger partial charge is 0.387 e. The van der Waals surface area contributed by atoms with Crippen molar-refractivity contribution in [2.75, 3.05) is 14.2 Å². The average molecular weight is 469 g/mol. The molecule has 0 aliphatic heterocycles. The Kier molecular flexibility index (Phi) is 8.73. The number of methoxy groups -OCH3 is 1. The van der Waals surface area contributed by atoms with E-state index in [0.29, 0.717) is 5.56 Å². The lowest BCUT2D eigenvalue weighted by Crippen LogP contribution is -2.33. The maximum Gasteiger partial charge on any atom is 0.387 e. The van der Waals surface area contributed by atoms with E-state index in [2.05, 4.69) is 10.1 Å². The van der Waals surface area contributed by atoms with Crippen LogP contribution in [0.3, 0.4) is 0 Å². The van der Waals surface area contributed by atoms with Gasteiger partial charge in [-0.2, -0.15) is 13.1 Å². The van der Waals surface area contributed by atoms with E-state index in [-0.39, 0.29) is 34.5 Å². The topological polar surface area (TPSA) is 84.9 Å². The van der Waals surface area contributed by atoms with Crippen LogP contribution in [0.25, 0.3) is 6.08 Å². The number of benzene rings is 2. The zero-order chi connectivity index (χ0) is 23.9. The second kappa shape index (κ2) is 11.1. The third-order valence-corrected chi connectivity index (χ3v) is 6.69. The summed E-state index contributed by atoms with van der Waals surface area (Å²) in [4.78, 5) is 12.3. The van der Waals surface area contributed by atoms with Crippen molar-refractivity contribution in [2.24, 2.45) is 0 Å². The highest BCUT2D eigenvalue weighted by Gasteiger charge is 2.22. The van der Waals surface area contributed by atoms with E-state index in [1.54, 1.807) is 32.0 Å². The fraction of sp³-hybridized carbons (Fsp3) is 0.318. The van der Waals surface area contributed by atoms with Crippen molar-refractivity contribution in [3.05, 3.63) is 59.7 Å². The van der Waals surface area contributed by atoms with Crippen LogP contribution in [-0.2, 0) is 21.4 Å². The number of hydrogen-bond donors (Lipinski definition) is 1. The SMILES string of the molecule is COc1cccc(/C=C/C(=O)NCc2ccc(S(=O)(=O)N(C)C(C)C)cc2)c1OC(F)F. The fourth-order valence-electron chi connectivity index (χ4n) is 2.68. The van der Waals surface area contributed by atoms with Gasteiger partial charge in [-0.15, -0.1) is 0 Å². The maximum atomic E-state index is 12.7. The summed E-state index contributed by atoms with van der Waals surface area (Å²) in [6.07, 6.45) is 2.52. The molecule has 0 radical (unpaired) electrons. The van der Waals surface area contributed by atoms with E-state index in [1.165, 1.54) is 54.9 Å². The zero-order valence-corrected chi connectivity index (χ0v) is 19.0. The number of hydrogen-bond acceptors (Lipinski definition) is 5. The fourth-order valence-corrected chi connectivity index (χ4v) is 4.04. The number of nitrogens with zero attached hydrogens (tertiary/aromatic N) is 1. The summed E-state index contributed by atoms with van der Waals surface area (Å²) in [5.74, 6) is -0.518. The first kappa shape index (κ1) is 25.3. The van der Waals surface area contributed by atoms with E-state index < -0.39 is 22.5 Å². The monoisotopic (exact) mass is 468 g/mol. The van der Waals surface area contributed by atoms with Gasteiger partial charge in [-0.25, -0.2) is 8.42 Å². The Morgan fingerprint density at radius 3 is 2.38 bits per heavy atom. The predicted octanol–water partition coefficient (Wildman–Crippen LogP) is 3.66. The standard InChI is InChI=1S/C22H26F2N2O5S/c1-15(2)26(3)32(28,29)18-11-8-16(9-12-18)14-25-20(27)13-10-17-6-5-7-19(30-4)21(17)31-22(23)24/h5-13,15,22H,14H2,1-4H3,(H,25,27)/b13-10+. The van der Waals surface area contributed by atoms with Gasteiger partial charge in [0, 0.05) is 31.3 Å². The third-order valence-electron chi connectivity index (χ3n) is 4.64. The second-order valence-corrected chi connectivity index (χ2v) is 9.06. The van der Waals surface area contributed by atoms with Crippen LogP contribution in [0.5, 0.6) is 11.5 Å². The van der Waals surface area contributed by atoms with Gasteiger partial charge in [-0.3, -0.25) is 4.79 Å². The van der Waals surface area contributed by atoms with Crippen molar-refractivity contribution in [2.45, 2.75) is 37.9 Å². The molecule has 0 spiro atoms. The molecule has 1 N–H and O–H groups in total. The van der Waals surface area contributed by atoms with Crippen molar-refractivity contribution in [1.82, 2.24) is 9.62 Å². The average Bonchev–Trinajstić information content (AvgIpc) is 2.76. The molecule has 0 unspecified atom stereocenters. The number of halogens is 2. The summed E-state index contributed by atoms with van der Waals surface area (Å²) in [5.41, 5.74) is 0.949. The van der Waals surface area contributed by atoms with E-state index in [1.807, 2.05) is 0 Å². The Morgan fingerprint density at radius 1 is 1.16 bits per heavy atom. The van der Waals surface area contributed by atoms with Crippen LogP contribution in [-0.4, -0.2) is 45.4 Å². The van der Waals surface area contributed by atoms with Gasteiger partial charge in [0.2, 0.25) is 15.9 Å². The molecule has 0 saturated heterocycles. The second-order valence-electron chi connectivity index (χ2n) is 7.07. The first-order valence-electron chi connectivity index (χ1n) is 9.71. The molecule has 0 saturated carbocycles. The molecule has 2 aromatic rings. The van der Waals surface area contributed by atoms with Crippen molar-refractivity contribution < 1.29 is 31.5 Å². The number of rotatable bonds is 10. The predicted molar refractivity (Wildman–Crippen MR) is 117 cm³/mol. The van der Waals surface area contributed by atoms with Crippen LogP contribution in [0.4, 0.5) is 8.78 Å². The van der Waals surface area contributed by atoms with E-state index >= 15 is 0 Å². The number of nitrogens with one attached hydrogen (secondary N) is 1. The number of carbonyl (C=O) groups excluding carboxylic acids is 1. The van der Waals surface area contributed by atoms with Crippen molar-refractivity contribution in [3.63, 3.8) is 0 Å². The van der Waals surface area contributed by atoms with Gasteiger partial charge < -0.3 is 14.8 Å². The third kappa shape index (κ3) is 6.51. The van der Waals surface area contributed by atoms with Gasteiger partial charge >= 0.3 is 6.61 Å². The van der Waals surface area contributed by atoms with Gasteiger partial charge in [-0.1, -0.05) is 24.3 Å². The van der Waals surface area contributed by atoms with Crippen LogP contribution in [0.15, 0.2) is 53.4 Å². The number of carbonyl (C=O) groups is 1. The van der Waals surface area contributed by atoms with Crippen molar-refractivity contribution >= 4 is 22.0 Å². The number of sulfonamides is 1. The molecule has 0 aliphatic rings. The van der Waals surface area contributed by atoms with Crippen LogP contribution in [0.2, 0.25) is 0 Å². The molecule has 1 amide bonds. The largest absolute Gasteiger partial charge is 0.493 e. The first-order valence-corrected chi connectivity index (χ1v) is 11.1. The number of alkyl halides is 2. The molecule has 0 aromatic heterocycles. The summed E-state index contributed by atoms with van der Waals surface area (Å²) in [6.45, 7) is 0.674. The minimum atomic E-state index is -3.58. The number of ether oxygens (including phenoxy) is 2. The molecule has 2 aromatic carbocycles. The Bertz CT molecular complexity index is 1050. The van der Waals surface area contributed by atoms with Gasteiger partial charge in [0.1, 0.15) is 0 Å². The summed E-state index contributed by atoms with van der Waals surface area (Å²) in [5, 5.41) is 2.65. The minimum absolute atomic E-state index is 0.117. The molecule has 0 heterocycles. The molecule has 32 heavy (non-hydrogen) atoms. The molecule has 0 fully saturated rings. The highest BCUT2D eigenvalue weighted by atomic mass is 32.2. The molecule has 7 nitrogen and oxygen atoms in total. The molecular formula is C22H26F2N2O5S. The van der Waals surface area contributed by atoms with Crippen LogP contribution in [0, 0.1) is 0 Å². The molecule has 0 atom stereocenters. The summed E-state index contributed by atoms with van der Waals surface area (Å²) in [6, 6.07) is 10.6. The first-order chi connectivity index (χ1) is 15.1. The Labute approximate surface area is 186 Å². The normalized spacial score (nSPS) is 12.0. The quantitative estimate of drug-likeness (QED) is 0.538. The number of amides is 1. The zero-order valence-electron chi connectivity index (χ0n) is 18.2. The summed E-state index contributed by atoms with van der Waals surface area (Å²) < 4.78 is 61.2. The van der Waals surface area contributed by atoms with Gasteiger partial charge in [0.15, 0.2) is 11.5 Å². The maximum absolute atomic E-state index is 12.7. The molecular weight excluding hydrogens is 442 g/mol. The van der Waals surface area contributed by atoms with E-state index in [0.717, 1.165) is 0 Å². The molecule has 0 bridgehead atoms. The van der Waals surface area contributed by atoms with E-state index in [9.17, 15) is 22.0 Å². The van der Waals surface area contributed by atoms with E-state index in [4.69, 9.17) is 4.74 Å². The summed E-state index contributed by atoms with van der Waals surface area (Å²) >= 11 is 0. The van der Waals surface area contributed by atoms with Gasteiger partial charge in [-0.05, 0) is 43.7 Å². The lowest BCUT2D eigenvalue weighted by Gasteiger charge is -2.21. The van der Waals surface area contributed by atoms with Gasteiger partial charge in [0.05, 0.1) is 12.0 Å². The minimum Gasteiger partial charge on any atom is -0.493 e. The van der Waals surface area contributed by atoms with Crippen LogP contribution < -0.4 is 14.8 Å². The Balaban J connectivity index is 2.04. The van der Waals surface area contributed by atoms with Crippen molar-refractivity contribution in [1.29, 1.82) is 0 Å². The van der Waals surface area contributed by atoms with Crippen LogP contribution >= 0.6 is 0 Å². The molecule has 174 valence electrons. The molecule has 0 aliphatic carbocycles. The van der Waals surface area contributed by atoms with Gasteiger partial charge in [0.25, 0.3) is 0 Å². The highest BCUT2D eigenvalue weighted by Crippen LogP contribution is 2.33. The lowest BCUT2D eigenvalue weighted by atomic mass is 10.1. The summed E-state index contributed by atoms with van der Waals surface area (Å²) in [7, 11) is -0.746. The Hall–Kier alpha value is -2.98.